The van der Waals surface area contributed by atoms with Crippen molar-refractivity contribution in [2.24, 2.45) is 4.99 Å². The molecular weight excluding hydrogens is 332 g/mol. The molecule has 148 valence electrons. The second-order valence-electron chi connectivity index (χ2n) is 6.84. The number of rotatable bonds is 10. The monoisotopic (exact) mass is 366 g/mol. The van der Waals surface area contributed by atoms with E-state index < -0.39 is 0 Å². The molecule has 1 aromatic heterocycles. The second-order valence-corrected chi connectivity index (χ2v) is 6.84. The van der Waals surface area contributed by atoms with Gasteiger partial charge in [-0.15, -0.1) is 0 Å². The van der Waals surface area contributed by atoms with Gasteiger partial charge in [0.05, 0.1) is 12.8 Å². The summed E-state index contributed by atoms with van der Waals surface area (Å²) in [5.41, 5.74) is 0.0900. The number of likely N-dealkylation sites (N-methyl/N-ethyl adjacent to an activating group) is 1. The van der Waals surface area contributed by atoms with Crippen molar-refractivity contribution in [1.82, 2.24) is 15.5 Å². The molecule has 7 nitrogen and oxygen atoms in total. The summed E-state index contributed by atoms with van der Waals surface area (Å²) in [6.45, 7) is 7.35. The first-order valence-corrected chi connectivity index (χ1v) is 9.54. The Balaban J connectivity index is 1.73. The Morgan fingerprint density at radius 1 is 1.31 bits per heavy atom. The van der Waals surface area contributed by atoms with Gasteiger partial charge in [-0.25, -0.2) is 0 Å². The van der Waals surface area contributed by atoms with Crippen molar-refractivity contribution < 1.29 is 13.9 Å². The first-order chi connectivity index (χ1) is 12.7. The summed E-state index contributed by atoms with van der Waals surface area (Å²) in [4.78, 5) is 7.13. The smallest absolute Gasteiger partial charge is 0.191 e. The van der Waals surface area contributed by atoms with Crippen LogP contribution >= 0.6 is 0 Å². The fraction of sp³-hybridized carbons (Fsp3) is 0.737. The van der Waals surface area contributed by atoms with Crippen LogP contribution in [0.5, 0.6) is 0 Å². The predicted molar refractivity (Wildman–Crippen MR) is 103 cm³/mol. The highest BCUT2D eigenvalue weighted by molar-refractivity contribution is 5.79. The highest BCUT2D eigenvalue weighted by Crippen LogP contribution is 2.26. The van der Waals surface area contributed by atoms with E-state index in [0.717, 1.165) is 63.8 Å². The maximum absolute atomic E-state index is 5.61. The third-order valence-electron chi connectivity index (χ3n) is 4.83. The number of aliphatic imine (C=N–C) groups is 1. The lowest BCUT2D eigenvalue weighted by molar-refractivity contribution is -0.00255. The van der Waals surface area contributed by atoms with Crippen LogP contribution in [-0.4, -0.2) is 69.9 Å². The lowest BCUT2D eigenvalue weighted by Crippen LogP contribution is -2.51. The Morgan fingerprint density at radius 2 is 2.12 bits per heavy atom. The van der Waals surface area contributed by atoms with Crippen molar-refractivity contribution in [2.75, 3.05) is 53.6 Å². The number of guanidine groups is 1. The zero-order valence-electron chi connectivity index (χ0n) is 16.4. The van der Waals surface area contributed by atoms with E-state index in [4.69, 9.17) is 18.9 Å². The van der Waals surface area contributed by atoms with E-state index in [-0.39, 0.29) is 5.54 Å². The molecule has 0 saturated carbocycles. The first kappa shape index (κ1) is 20.7. The van der Waals surface area contributed by atoms with Crippen molar-refractivity contribution in [3.8, 4) is 0 Å². The molecule has 2 N–H and O–H groups in total. The molecule has 26 heavy (non-hydrogen) atoms. The first-order valence-electron chi connectivity index (χ1n) is 9.54. The van der Waals surface area contributed by atoms with Crippen molar-refractivity contribution in [3.63, 3.8) is 0 Å². The summed E-state index contributed by atoms with van der Waals surface area (Å²) in [6.07, 6.45) is 4.61. The molecule has 0 atom stereocenters. The number of nitrogens with zero attached hydrogens (tertiary/aromatic N) is 2. The molecule has 7 heteroatoms. The largest absolute Gasteiger partial charge is 0.467 e. The summed E-state index contributed by atoms with van der Waals surface area (Å²) in [7, 11) is 4.27. The van der Waals surface area contributed by atoms with Crippen LogP contribution in [0, 0.1) is 0 Å². The van der Waals surface area contributed by atoms with Gasteiger partial charge < -0.3 is 29.4 Å². The zero-order chi connectivity index (χ0) is 18.7. The van der Waals surface area contributed by atoms with E-state index in [9.17, 15) is 0 Å². The van der Waals surface area contributed by atoms with Crippen molar-refractivity contribution in [1.29, 1.82) is 0 Å². The number of furan rings is 1. The molecule has 0 bridgehead atoms. The summed E-state index contributed by atoms with van der Waals surface area (Å²) in [5.74, 6) is 1.73. The lowest BCUT2D eigenvalue weighted by atomic mass is 9.89. The highest BCUT2D eigenvalue weighted by atomic mass is 16.5. The SMILES string of the molecule is CCNC(=NCC1(N(C)C)CCOCC1)NCCCOCc1ccco1. The summed E-state index contributed by atoms with van der Waals surface area (Å²) < 4.78 is 16.4. The number of ether oxygens (including phenoxy) is 2. The van der Waals surface area contributed by atoms with Crippen LogP contribution < -0.4 is 10.6 Å². The number of hydrogen-bond acceptors (Lipinski definition) is 5. The van der Waals surface area contributed by atoms with E-state index in [1.54, 1.807) is 6.26 Å². The molecular formula is C19H34N4O3. The van der Waals surface area contributed by atoms with Gasteiger partial charge in [-0.2, -0.15) is 0 Å². The van der Waals surface area contributed by atoms with Gasteiger partial charge in [-0.05, 0) is 52.4 Å². The maximum Gasteiger partial charge on any atom is 0.191 e. The standard InChI is InChI=1S/C19H34N4O3/c1-4-20-18(21-10-6-11-25-15-17-7-5-12-26-17)22-16-19(23(2)3)8-13-24-14-9-19/h5,7,12H,4,6,8-11,13-16H2,1-3H3,(H2,20,21,22). The molecule has 2 rings (SSSR count). The fourth-order valence-corrected chi connectivity index (χ4v) is 3.01. The van der Waals surface area contributed by atoms with Crippen LogP contribution in [0.25, 0.3) is 0 Å². The van der Waals surface area contributed by atoms with E-state index in [1.807, 2.05) is 12.1 Å². The van der Waals surface area contributed by atoms with E-state index >= 15 is 0 Å². The Hall–Kier alpha value is -1.57. The van der Waals surface area contributed by atoms with Gasteiger partial charge in [0, 0.05) is 38.4 Å². The molecule has 2 heterocycles. The molecule has 0 radical (unpaired) electrons. The van der Waals surface area contributed by atoms with Crippen molar-refractivity contribution >= 4 is 5.96 Å². The maximum atomic E-state index is 5.61. The van der Waals surface area contributed by atoms with Crippen molar-refractivity contribution in [3.05, 3.63) is 24.2 Å². The Bertz CT molecular complexity index is 511. The topological polar surface area (TPSA) is 71.3 Å². The van der Waals surface area contributed by atoms with Crippen LogP contribution in [0.4, 0.5) is 0 Å². The summed E-state index contributed by atoms with van der Waals surface area (Å²) in [6, 6.07) is 3.80. The van der Waals surface area contributed by atoms with Crippen LogP contribution in [0.2, 0.25) is 0 Å². The average molecular weight is 367 g/mol. The minimum absolute atomic E-state index is 0.0900. The second kappa shape index (κ2) is 11.2. The van der Waals surface area contributed by atoms with Gasteiger partial charge in [0.25, 0.3) is 0 Å². The van der Waals surface area contributed by atoms with Crippen LogP contribution in [0.1, 0.15) is 31.9 Å². The molecule has 0 aromatic carbocycles. The molecule has 1 aliphatic rings. The summed E-state index contributed by atoms with van der Waals surface area (Å²) >= 11 is 0. The van der Waals surface area contributed by atoms with Crippen LogP contribution in [0.15, 0.2) is 27.8 Å². The van der Waals surface area contributed by atoms with Crippen molar-refractivity contribution in [2.45, 2.75) is 38.3 Å². The molecule has 1 fully saturated rings. The highest BCUT2D eigenvalue weighted by Gasteiger charge is 2.34. The van der Waals surface area contributed by atoms with E-state index in [0.29, 0.717) is 13.2 Å². The molecule has 0 unspecified atom stereocenters. The van der Waals surface area contributed by atoms with Crippen LogP contribution in [-0.2, 0) is 16.1 Å². The van der Waals surface area contributed by atoms with Crippen LogP contribution in [0.3, 0.4) is 0 Å². The number of nitrogens with one attached hydrogen (secondary N) is 2. The third kappa shape index (κ3) is 6.63. The Kier molecular flexibility index (Phi) is 8.94. The minimum Gasteiger partial charge on any atom is -0.467 e. The quantitative estimate of drug-likeness (QED) is 0.374. The molecule has 0 aliphatic carbocycles. The van der Waals surface area contributed by atoms with Gasteiger partial charge in [-0.3, -0.25) is 4.99 Å². The normalized spacial score (nSPS) is 17.5. The minimum atomic E-state index is 0.0900. The third-order valence-corrected chi connectivity index (χ3v) is 4.83. The molecule has 1 aliphatic heterocycles. The molecule has 1 aromatic rings. The molecule has 0 spiro atoms. The van der Waals surface area contributed by atoms with E-state index in [2.05, 4.69) is 36.6 Å². The van der Waals surface area contributed by atoms with Gasteiger partial charge >= 0.3 is 0 Å². The Morgan fingerprint density at radius 3 is 2.77 bits per heavy atom. The van der Waals surface area contributed by atoms with Gasteiger partial charge in [-0.1, -0.05) is 0 Å². The summed E-state index contributed by atoms with van der Waals surface area (Å²) in [5, 5.41) is 6.72. The van der Waals surface area contributed by atoms with Gasteiger partial charge in [0.15, 0.2) is 5.96 Å². The van der Waals surface area contributed by atoms with Gasteiger partial charge in [0.1, 0.15) is 12.4 Å². The lowest BCUT2D eigenvalue weighted by Gasteiger charge is -2.41. The zero-order valence-corrected chi connectivity index (χ0v) is 16.4. The fourth-order valence-electron chi connectivity index (χ4n) is 3.01. The molecule has 1 saturated heterocycles. The molecule has 0 amide bonds. The predicted octanol–water partition coefficient (Wildman–Crippen LogP) is 1.85. The Labute approximate surface area is 157 Å². The average Bonchev–Trinajstić information content (AvgIpc) is 3.16. The van der Waals surface area contributed by atoms with E-state index in [1.165, 1.54) is 0 Å². The number of hydrogen-bond donors (Lipinski definition) is 2. The van der Waals surface area contributed by atoms with Gasteiger partial charge in [0.2, 0.25) is 0 Å².